The van der Waals surface area contributed by atoms with Crippen LogP contribution < -0.4 is 4.74 Å². The fourth-order valence-corrected chi connectivity index (χ4v) is 2.37. The van der Waals surface area contributed by atoms with Gasteiger partial charge in [0.1, 0.15) is 23.4 Å². The maximum absolute atomic E-state index is 8.82. The molecule has 1 unspecified atom stereocenters. The average molecular weight is 310 g/mol. The molecule has 1 atom stereocenters. The third-order valence-corrected chi connectivity index (χ3v) is 3.49. The Labute approximate surface area is 133 Å². The summed E-state index contributed by atoms with van der Waals surface area (Å²) in [5.41, 5.74) is 0.441. The van der Waals surface area contributed by atoms with Crippen molar-refractivity contribution < 1.29 is 4.74 Å². The monoisotopic (exact) mass is 309 g/mol. The Morgan fingerprint density at radius 3 is 2.82 bits per heavy atom. The number of hydrogen-bond acceptors (Lipinski definition) is 4. The fraction of sp³-hybridized carbons (Fsp3) is 0.118. The predicted molar refractivity (Wildman–Crippen MR) is 83.4 cm³/mol. The van der Waals surface area contributed by atoms with Crippen LogP contribution in [0.2, 0.25) is 5.02 Å². The van der Waals surface area contributed by atoms with E-state index in [1.165, 1.54) is 12.4 Å². The highest BCUT2D eigenvalue weighted by Crippen LogP contribution is 2.31. The van der Waals surface area contributed by atoms with E-state index in [1.54, 1.807) is 12.1 Å². The first-order valence-corrected chi connectivity index (χ1v) is 7.16. The SMILES string of the molecule is N#Cc1cnc(C2CC=CC=C2Oc2cccc(Cl)c2)nc1. The minimum absolute atomic E-state index is 0.0725. The first-order chi connectivity index (χ1) is 10.8. The maximum atomic E-state index is 8.82. The molecule has 2 aromatic rings. The van der Waals surface area contributed by atoms with Gasteiger partial charge in [-0.1, -0.05) is 29.8 Å². The summed E-state index contributed by atoms with van der Waals surface area (Å²) in [4.78, 5) is 8.54. The van der Waals surface area contributed by atoms with Crippen LogP contribution in [0.25, 0.3) is 0 Å². The van der Waals surface area contributed by atoms with Gasteiger partial charge < -0.3 is 4.74 Å². The zero-order valence-electron chi connectivity index (χ0n) is 11.6. The van der Waals surface area contributed by atoms with Crippen LogP contribution in [0.5, 0.6) is 5.75 Å². The van der Waals surface area contributed by atoms with Gasteiger partial charge in [-0.25, -0.2) is 9.97 Å². The van der Waals surface area contributed by atoms with Crippen molar-refractivity contribution in [3.63, 3.8) is 0 Å². The molecule has 0 radical (unpaired) electrons. The Balaban J connectivity index is 1.86. The van der Waals surface area contributed by atoms with E-state index in [-0.39, 0.29) is 5.92 Å². The van der Waals surface area contributed by atoms with Gasteiger partial charge in [0.15, 0.2) is 0 Å². The van der Waals surface area contributed by atoms with E-state index >= 15 is 0 Å². The van der Waals surface area contributed by atoms with Gasteiger partial charge in [0.2, 0.25) is 0 Å². The van der Waals surface area contributed by atoms with Crippen LogP contribution in [0.3, 0.4) is 0 Å². The van der Waals surface area contributed by atoms with Gasteiger partial charge in [-0.2, -0.15) is 5.26 Å². The second kappa shape index (κ2) is 6.42. The Morgan fingerprint density at radius 1 is 1.27 bits per heavy atom. The standard InChI is InChI=1S/C17H12ClN3O/c18-13-4-3-5-14(8-13)22-16-7-2-1-6-15(16)17-20-10-12(9-19)11-21-17/h1-5,7-8,10-11,15H,6H2. The average Bonchev–Trinajstić information content (AvgIpc) is 2.56. The number of hydrogen-bond donors (Lipinski definition) is 0. The predicted octanol–water partition coefficient (Wildman–Crippen LogP) is 4.01. The molecule has 0 aliphatic heterocycles. The van der Waals surface area contributed by atoms with Crippen LogP contribution >= 0.6 is 11.6 Å². The zero-order valence-corrected chi connectivity index (χ0v) is 12.4. The lowest BCUT2D eigenvalue weighted by molar-refractivity contribution is 0.376. The lowest BCUT2D eigenvalue weighted by Gasteiger charge is -2.20. The molecule has 22 heavy (non-hydrogen) atoms. The summed E-state index contributed by atoms with van der Waals surface area (Å²) in [6.45, 7) is 0. The smallest absolute Gasteiger partial charge is 0.139 e. The minimum atomic E-state index is -0.0725. The van der Waals surface area contributed by atoms with Crippen LogP contribution in [0.4, 0.5) is 0 Å². The molecule has 0 N–H and O–H groups in total. The number of rotatable bonds is 3. The fourth-order valence-electron chi connectivity index (χ4n) is 2.19. The van der Waals surface area contributed by atoms with Crippen molar-refractivity contribution in [3.05, 3.63) is 77.1 Å². The molecule has 5 heteroatoms. The van der Waals surface area contributed by atoms with E-state index < -0.39 is 0 Å². The normalized spacial score (nSPS) is 16.7. The number of allylic oxidation sites excluding steroid dienone is 4. The van der Waals surface area contributed by atoms with E-state index in [4.69, 9.17) is 21.6 Å². The van der Waals surface area contributed by atoms with E-state index in [0.717, 1.165) is 12.2 Å². The lowest BCUT2D eigenvalue weighted by atomic mass is 9.97. The van der Waals surface area contributed by atoms with Gasteiger partial charge in [-0.15, -0.1) is 0 Å². The molecule has 0 saturated carbocycles. The summed E-state index contributed by atoms with van der Waals surface area (Å²) in [5, 5.41) is 9.44. The van der Waals surface area contributed by atoms with E-state index in [9.17, 15) is 0 Å². The van der Waals surface area contributed by atoms with Gasteiger partial charge in [-0.05, 0) is 30.7 Å². The lowest BCUT2D eigenvalue weighted by Crippen LogP contribution is -2.13. The summed E-state index contributed by atoms with van der Waals surface area (Å²) in [5.74, 6) is 2.00. The van der Waals surface area contributed by atoms with Crippen molar-refractivity contribution in [3.8, 4) is 11.8 Å². The molecule has 0 fully saturated rings. The Morgan fingerprint density at radius 2 is 2.09 bits per heavy atom. The van der Waals surface area contributed by atoms with Crippen molar-refractivity contribution in [1.29, 1.82) is 5.26 Å². The molecule has 108 valence electrons. The summed E-state index contributed by atoms with van der Waals surface area (Å²) < 4.78 is 5.94. The number of nitriles is 1. The zero-order chi connectivity index (χ0) is 15.4. The van der Waals surface area contributed by atoms with E-state index in [1.807, 2.05) is 36.4 Å². The van der Waals surface area contributed by atoms with Gasteiger partial charge in [0.25, 0.3) is 0 Å². The number of ether oxygens (including phenoxy) is 1. The molecule has 1 aromatic heterocycles. The first-order valence-electron chi connectivity index (χ1n) is 6.78. The minimum Gasteiger partial charge on any atom is -0.461 e. The molecular weight excluding hydrogens is 298 g/mol. The molecule has 3 rings (SSSR count). The van der Waals surface area contributed by atoms with Crippen molar-refractivity contribution in [2.45, 2.75) is 12.3 Å². The van der Waals surface area contributed by atoms with Gasteiger partial charge in [-0.3, -0.25) is 0 Å². The highest BCUT2D eigenvalue weighted by Gasteiger charge is 2.22. The van der Waals surface area contributed by atoms with Crippen molar-refractivity contribution in [2.75, 3.05) is 0 Å². The molecule has 1 heterocycles. The maximum Gasteiger partial charge on any atom is 0.139 e. The molecule has 1 aromatic carbocycles. The molecular formula is C17H12ClN3O. The summed E-state index contributed by atoms with van der Waals surface area (Å²) >= 11 is 5.98. The Bertz CT molecular complexity index is 775. The highest BCUT2D eigenvalue weighted by atomic mass is 35.5. The van der Waals surface area contributed by atoms with Crippen LogP contribution in [0, 0.1) is 11.3 Å². The molecule has 1 aliphatic carbocycles. The summed E-state index contributed by atoms with van der Waals surface area (Å²) in [6.07, 6.45) is 9.68. The second-order valence-corrected chi connectivity index (χ2v) is 5.22. The Kier molecular flexibility index (Phi) is 4.17. The Hall–Kier alpha value is -2.64. The molecule has 4 nitrogen and oxygen atoms in total. The van der Waals surface area contributed by atoms with Crippen molar-refractivity contribution >= 4 is 11.6 Å². The molecule has 0 spiro atoms. The number of aromatic nitrogens is 2. The highest BCUT2D eigenvalue weighted by molar-refractivity contribution is 6.30. The summed E-state index contributed by atoms with van der Waals surface area (Å²) in [7, 11) is 0. The molecule has 0 saturated heterocycles. The first kappa shape index (κ1) is 14.3. The van der Waals surface area contributed by atoms with Crippen LogP contribution in [0.1, 0.15) is 23.7 Å². The number of benzene rings is 1. The van der Waals surface area contributed by atoms with Crippen LogP contribution in [-0.4, -0.2) is 9.97 Å². The van der Waals surface area contributed by atoms with E-state index in [2.05, 4.69) is 9.97 Å². The third kappa shape index (κ3) is 3.16. The third-order valence-electron chi connectivity index (χ3n) is 3.26. The number of halogens is 1. The molecule has 0 amide bonds. The van der Waals surface area contributed by atoms with Crippen LogP contribution in [0.15, 0.2) is 60.6 Å². The quantitative estimate of drug-likeness (QED) is 0.859. The van der Waals surface area contributed by atoms with Crippen molar-refractivity contribution in [2.24, 2.45) is 0 Å². The summed E-state index contributed by atoms with van der Waals surface area (Å²) in [6, 6.07) is 9.26. The second-order valence-electron chi connectivity index (χ2n) is 4.79. The van der Waals surface area contributed by atoms with Gasteiger partial charge in [0.05, 0.1) is 11.5 Å². The van der Waals surface area contributed by atoms with Crippen LogP contribution in [-0.2, 0) is 0 Å². The van der Waals surface area contributed by atoms with Gasteiger partial charge >= 0.3 is 0 Å². The van der Waals surface area contributed by atoms with E-state index in [0.29, 0.717) is 22.2 Å². The van der Waals surface area contributed by atoms with Crippen molar-refractivity contribution in [1.82, 2.24) is 9.97 Å². The topological polar surface area (TPSA) is 58.8 Å². The number of nitrogens with zero attached hydrogens (tertiary/aromatic N) is 3. The largest absolute Gasteiger partial charge is 0.461 e. The molecule has 1 aliphatic rings. The molecule has 0 bridgehead atoms. The van der Waals surface area contributed by atoms with Gasteiger partial charge in [0, 0.05) is 17.4 Å².